The summed E-state index contributed by atoms with van der Waals surface area (Å²) < 4.78 is 13.5. The molecule has 1 atom stereocenters. The van der Waals surface area contributed by atoms with E-state index in [9.17, 15) is 4.79 Å². The molecule has 6 rings (SSSR count). The second kappa shape index (κ2) is 9.58. The Hall–Kier alpha value is -2.98. The molecule has 10 nitrogen and oxygen atoms in total. The fourth-order valence-electron chi connectivity index (χ4n) is 5.77. The summed E-state index contributed by atoms with van der Waals surface area (Å²) in [7, 11) is 0. The number of hydrogen-bond acceptors (Lipinski definition) is 8. The lowest BCUT2D eigenvalue weighted by Crippen LogP contribution is -2.49. The number of H-pyrrole nitrogens is 1. The third kappa shape index (κ3) is 4.29. The zero-order valence-electron chi connectivity index (χ0n) is 20.3. The molecule has 186 valence electrons. The van der Waals surface area contributed by atoms with Gasteiger partial charge in [-0.05, 0) is 41.9 Å². The molecule has 2 aliphatic heterocycles. The minimum Gasteiger partial charge on any atom is -0.486 e. The molecule has 1 aliphatic carbocycles. The van der Waals surface area contributed by atoms with Crippen LogP contribution in [0, 0.1) is 0 Å². The number of aromatic nitrogens is 5. The number of ether oxygens (including phenoxy) is 2. The topological polar surface area (TPSA) is 101 Å². The first-order valence-corrected chi connectivity index (χ1v) is 12.9. The standard InChI is InChI=1S/C25H33N7O3/c1-2-30-8-10-31(11-9-30)23(24-27-28-29-32(24)18-6-4-3-5-7-18)19-14-17-15-21-22(35-13-12-34-21)16-20(17)26-25(19)33/h14-16,18,23H,2-13H2,1H3,(H,26,33)/t23-/m0/s1. The molecule has 35 heavy (non-hydrogen) atoms. The van der Waals surface area contributed by atoms with Crippen molar-refractivity contribution in [2.75, 3.05) is 45.9 Å². The van der Waals surface area contributed by atoms with E-state index in [-0.39, 0.29) is 17.6 Å². The summed E-state index contributed by atoms with van der Waals surface area (Å²) in [6, 6.07) is 5.77. The minimum atomic E-state index is -0.313. The fraction of sp³-hybridized carbons (Fsp3) is 0.600. The number of aromatic amines is 1. The van der Waals surface area contributed by atoms with E-state index in [1.54, 1.807) is 0 Å². The van der Waals surface area contributed by atoms with Crippen LogP contribution < -0.4 is 15.0 Å². The van der Waals surface area contributed by atoms with E-state index in [0.717, 1.165) is 62.3 Å². The highest BCUT2D eigenvalue weighted by Crippen LogP contribution is 2.36. The second-order valence-corrected chi connectivity index (χ2v) is 9.78. The van der Waals surface area contributed by atoms with Gasteiger partial charge in [0, 0.05) is 43.2 Å². The lowest BCUT2D eigenvalue weighted by Gasteiger charge is -2.38. The molecule has 2 aromatic heterocycles. The van der Waals surface area contributed by atoms with E-state index in [1.165, 1.54) is 19.3 Å². The van der Waals surface area contributed by atoms with E-state index in [1.807, 2.05) is 22.9 Å². The highest BCUT2D eigenvalue weighted by molar-refractivity contribution is 5.83. The number of pyridine rings is 1. The molecule has 3 aliphatic rings. The van der Waals surface area contributed by atoms with Gasteiger partial charge in [0.2, 0.25) is 0 Å². The van der Waals surface area contributed by atoms with Crippen molar-refractivity contribution in [3.05, 3.63) is 39.9 Å². The van der Waals surface area contributed by atoms with Crippen molar-refractivity contribution >= 4 is 10.9 Å². The molecule has 10 heteroatoms. The normalized spacial score (nSPS) is 20.8. The summed E-state index contributed by atoms with van der Waals surface area (Å²) in [6.45, 7) is 7.89. The first-order valence-electron chi connectivity index (χ1n) is 12.9. The zero-order valence-corrected chi connectivity index (χ0v) is 20.3. The smallest absolute Gasteiger partial charge is 0.253 e. The largest absolute Gasteiger partial charge is 0.486 e. The Bertz CT molecular complexity index is 1240. The van der Waals surface area contributed by atoms with E-state index in [4.69, 9.17) is 9.47 Å². The van der Waals surface area contributed by atoms with E-state index in [2.05, 4.69) is 37.2 Å². The first-order chi connectivity index (χ1) is 17.2. The van der Waals surface area contributed by atoms with Crippen molar-refractivity contribution in [1.29, 1.82) is 0 Å². The van der Waals surface area contributed by atoms with Crippen LogP contribution >= 0.6 is 0 Å². The number of nitrogens with one attached hydrogen (secondary N) is 1. The van der Waals surface area contributed by atoms with Crippen molar-refractivity contribution in [3.8, 4) is 11.5 Å². The first kappa shape index (κ1) is 22.5. The Labute approximate surface area is 204 Å². The van der Waals surface area contributed by atoms with E-state index >= 15 is 0 Å². The molecule has 0 amide bonds. The van der Waals surface area contributed by atoms with Crippen molar-refractivity contribution in [1.82, 2.24) is 35.0 Å². The van der Waals surface area contributed by atoms with Crippen LogP contribution in [0.25, 0.3) is 10.9 Å². The maximum absolute atomic E-state index is 13.5. The third-order valence-electron chi connectivity index (χ3n) is 7.73. The minimum absolute atomic E-state index is 0.115. The Morgan fingerprint density at radius 3 is 2.51 bits per heavy atom. The molecule has 3 aromatic rings. The number of hydrogen-bond donors (Lipinski definition) is 1. The van der Waals surface area contributed by atoms with Gasteiger partial charge in [-0.15, -0.1) is 5.10 Å². The average Bonchev–Trinajstić information content (AvgIpc) is 3.38. The molecule has 2 fully saturated rings. The summed E-state index contributed by atoms with van der Waals surface area (Å²) in [5.74, 6) is 2.15. The quantitative estimate of drug-likeness (QED) is 0.596. The lowest BCUT2D eigenvalue weighted by molar-refractivity contribution is 0.106. The average molecular weight is 480 g/mol. The van der Waals surface area contributed by atoms with Crippen LogP contribution in [0.4, 0.5) is 0 Å². The number of rotatable bonds is 5. The molecular formula is C25H33N7O3. The lowest BCUT2D eigenvalue weighted by atomic mass is 9.95. The van der Waals surface area contributed by atoms with Crippen molar-refractivity contribution in [2.24, 2.45) is 0 Å². The van der Waals surface area contributed by atoms with Gasteiger partial charge in [-0.2, -0.15) is 0 Å². The van der Waals surface area contributed by atoms with Crippen LogP contribution in [0.2, 0.25) is 0 Å². The summed E-state index contributed by atoms with van der Waals surface area (Å²) in [5, 5.41) is 14.0. The Morgan fingerprint density at radius 1 is 1.03 bits per heavy atom. The summed E-state index contributed by atoms with van der Waals surface area (Å²) in [5.41, 5.74) is 1.30. The Morgan fingerprint density at radius 2 is 1.77 bits per heavy atom. The van der Waals surface area contributed by atoms with Crippen molar-refractivity contribution in [3.63, 3.8) is 0 Å². The van der Waals surface area contributed by atoms with Gasteiger partial charge in [0.05, 0.1) is 11.6 Å². The van der Waals surface area contributed by atoms with Crippen LogP contribution in [0.15, 0.2) is 23.0 Å². The van der Waals surface area contributed by atoms with Crippen LogP contribution in [-0.2, 0) is 0 Å². The van der Waals surface area contributed by atoms with Crippen molar-refractivity contribution < 1.29 is 9.47 Å². The van der Waals surface area contributed by atoms with Gasteiger partial charge >= 0.3 is 0 Å². The molecule has 0 bridgehead atoms. The molecule has 1 saturated carbocycles. The molecule has 0 unspecified atom stereocenters. The fourth-order valence-corrected chi connectivity index (χ4v) is 5.77. The van der Waals surface area contributed by atoms with Gasteiger partial charge in [-0.25, -0.2) is 4.68 Å². The maximum Gasteiger partial charge on any atom is 0.253 e. The zero-order chi connectivity index (χ0) is 23.8. The Kier molecular flexibility index (Phi) is 6.15. The molecule has 1 N–H and O–H groups in total. The number of tetrazole rings is 1. The molecule has 4 heterocycles. The molecule has 1 aromatic carbocycles. The molecular weight excluding hydrogens is 446 g/mol. The molecule has 0 radical (unpaired) electrons. The summed E-state index contributed by atoms with van der Waals surface area (Å²) >= 11 is 0. The Balaban J connectivity index is 1.45. The predicted octanol–water partition coefficient (Wildman–Crippen LogP) is 2.52. The van der Waals surface area contributed by atoms with Crippen molar-refractivity contribution in [2.45, 2.75) is 51.1 Å². The van der Waals surface area contributed by atoms with Crippen LogP contribution in [0.1, 0.15) is 62.5 Å². The van der Waals surface area contributed by atoms with E-state index in [0.29, 0.717) is 30.3 Å². The monoisotopic (exact) mass is 479 g/mol. The maximum atomic E-state index is 13.5. The molecule has 1 saturated heterocycles. The number of likely N-dealkylation sites (N-methyl/N-ethyl adjacent to an activating group) is 1. The van der Waals surface area contributed by atoms with Gasteiger partial charge in [-0.3, -0.25) is 9.69 Å². The summed E-state index contributed by atoms with van der Waals surface area (Å²) in [4.78, 5) is 21.5. The SMILES string of the molecule is CCN1CCN([C@@H](c2cc3cc4c(cc3[nH]c2=O)OCCO4)c2nnnn2C2CCCCC2)CC1. The van der Waals surface area contributed by atoms with Gasteiger partial charge in [-0.1, -0.05) is 26.2 Å². The summed E-state index contributed by atoms with van der Waals surface area (Å²) in [6.07, 6.45) is 5.79. The predicted molar refractivity (Wildman–Crippen MR) is 131 cm³/mol. The number of fused-ring (bicyclic) bond motifs is 2. The number of piperazine rings is 1. The highest BCUT2D eigenvalue weighted by Gasteiger charge is 2.34. The number of nitrogens with zero attached hydrogens (tertiary/aromatic N) is 6. The second-order valence-electron chi connectivity index (χ2n) is 9.78. The van der Waals surface area contributed by atoms with Gasteiger partial charge in [0.1, 0.15) is 19.3 Å². The third-order valence-corrected chi connectivity index (χ3v) is 7.73. The van der Waals surface area contributed by atoms with Gasteiger partial charge in [0.25, 0.3) is 5.56 Å². The van der Waals surface area contributed by atoms with Gasteiger partial charge < -0.3 is 19.4 Å². The number of benzene rings is 1. The van der Waals surface area contributed by atoms with Crippen LogP contribution in [0.5, 0.6) is 11.5 Å². The van der Waals surface area contributed by atoms with Crippen LogP contribution in [0.3, 0.4) is 0 Å². The van der Waals surface area contributed by atoms with E-state index < -0.39 is 0 Å². The molecule has 0 spiro atoms. The highest BCUT2D eigenvalue weighted by atomic mass is 16.6. The van der Waals surface area contributed by atoms with Gasteiger partial charge in [0.15, 0.2) is 17.3 Å². The van der Waals surface area contributed by atoms with Crippen LogP contribution in [-0.4, -0.2) is 80.9 Å².